The largest absolute Gasteiger partial charge is 0.497 e. The molecule has 0 saturated carbocycles. The average molecular weight is 494 g/mol. The van der Waals surface area contributed by atoms with Crippen LogP contribution >= 0.6 is 0 Å². The van der Waals surface area contributed by atoms with Gasteiger partial charge in [-0.3, -0.25) is 4.98 Å². The number of benzene rings is 2. The first-order valence-electron chi connectivity index (χ1n) is 12.8. The second-order valence-electron chi connectivity index (χ2n) is 9.67. The summed E-state index contributed by atoms with van der Waals surface area (Å²) in [5.74, 6) is 0.700. The van der Waals surface area contributed by atoms with Gasteiger partial charge in [-0.2, -0.15) is 0 Å². The van der Waals surface area contributed by atoms with Crippen LogP contribution in [0.1, 0.15) is 44.6 Å². The van der Waals surface area contributed by atoms with Crippen molar-refractivity contribution in [2.24, 2.45) is 0 Å². The van der Waals surface area contributed by atoms with E-state index in [0.717, 1.165) is 54.5 Å². The van der Waals surface area contributed by atoms with Crippen LogP contribution in [-0.2, 0) is 16.3 Å². The summed E-state index contributed by atoms with van der Waals surface area (Å²) in [6.07, 6.45) is 8.40. The van der Waals surface area contributed by atoms with Crippen molar-refractivity contribution in [2.75, 3.05) is 38.2 Å². The molecule has 0 atom stereocenters. The van der Waals surface area contributed by atoms with Crippen molar-refractivity contribution in [3.05, 3.63) is 54.2 Å². The molecule has 2 aliphatic heterocycles. The number of pyridine rings is 1. The summed E-state index contributed by atoms with van der Waals surface area (Å²) < 4.78 is 33.3. The number of ether oxygens (including phenoxy) is 1. The number of sulfone groups is 1. The summed E-state index contributed by atoms with van der Waals surface area (Å²) in [4.78, 5) is 10.0. The van der Waals surface area contributed by atoms with Gasteiger partial charge in [-0.25, -0.2) is 8.42 Å². The number of rotatable bonds is 6. The first-order chi connectivity index (χ1) is 17.0. The zero-order chi connectivity index (χ0) is 24.4. The third kappa shape index (κ3) is 4.76. The number of nitrogens with zero attached hydrogens (tertiary/aromatic N) is 3. The van der Waals surface area contributed by atoms with E-state index in [0.29, 0.717) is 16.7 Å². The topological polar surface area (TPSA) is 62.7 Å². The molecule has 2 saturated heterocycles. The zero-order valence-corrected chi connectivity index (χ0v) is 21.6. The molecule has 3 heterocycles. The summed E-state index contributed by atoms with van der Waals surface area (Å²) in [5, 5.41) is 0.826. The molecule has 0 N–H and O–H groups in total. The minimum Gasteiger partial charge on any atom is -0.497 e. The summed E-state index contributed by atoms with van der Waals surface area (Å²) >= 11 is 0. The lowest BCUT2D eigenvalue weighted by Gasteiger charge is -2.41. The quantitative estimate of drug-likeness (QED) is 0.477. The van der Waals surface area contributed by atoms with Crippen LogP contribution in [0, 0.1) is 0 Å². The van der Waals surface area contributed by atoms with Crippen molar-refractivity contribution in [1.29, 1.82) is 0 Å². The molecule has 2 fully saturated rings. The molecule has 5 rings (SSSR count). The summed E-state index contributed by atoms with van der Waals surface area (Å²) in [6, 6.07) is 13.5. The first kappa shape index (κ1) is 24.1. The van der Waals surface area contributed by atoms with E-state index in [1.807, 2.05) is 30.3 Å². The van der Waals surface area contributed by atoms with Crippen LogP contribution in [-0.4, -0.2) is 57.6 Å². The molecule has 0 aliphatic carbocycles. The predicted octanol–water partition coefficient (Wildman–Crippen LogP) is 5.09. The lowest BCUT2D eigenvalue weighted by Crippen LogP contribution is -2.47. The van der Waals surface area contributed by atoms with Gasteiger partial charge in [-0.05, 0) is 81.1 Å². The molecule has 6 nitrogen and oxygen atoms in total. The Labute approximate surface area is 208 Å². The Bertz CT molecular complexity index is 1280. The van der Waals surface area contributed by atoms with Crippen LogP contribution < -0.4 is 9.64 Å². The van der Waals surface area contributed by atoms with Crippen molar-refractivity contribution in [3.8, 4) is 5.75 Å². The Morgan fingerprint density at radius 1 is 0.971 bits per heavy atom. The number of aromatic nitrogens is 1. The number of likely N-dealkylation sites (tertiary alicyclic amines) is 1. The molecule has 0 radical (unpaired) electrons. The van der Waals surface area contributed by atoms with Crippen molar-refractivity contribution in [2.45, 2.75) is 61.3 Å². The molecule has 2 aliphatic rings. The molecule has 0 spiro atoms. The molecule has 3 aromatic rings. The van der Waals surface area contributed by atoms with Crippen LogP contribution in [0.3, 0.4) is 0 Å². The molecular weight excluding hydrogens is 458 g/mol. The number of fused-ring (bicyclic) bond motifs is 1. The number of anilines is 1. The number of methoxy groups -OCH3 is 1. The minimum absolute atomic E-state index is 0.277. The van der Waals surface area contributed by atoms with Gasteiger partial charge in [0.15, 0.2) is 0 Å². The molecule has 186 valence electrons. The maximum Gasteiger partial charge on any atom is 0.210 e. The third-order valence-electron chi connectivity index (χ3n) is 7.63. The van der Waals surface area contributed by atoms with Gasteiger partial charge in [0.2, 0.25) is 9.84 Å². The highest BCUT2D eigenvalue weighted by molar-refractivity contribution is 7.91. The fourth-order valence-corrected chi connectivity index (χ4v) is 6.99. The van der Waals surface area contributed by atoms with Crippen LogP contribution in [0.4, 0.5) is 5.69 Å². The van der Waals surface area contributed by atoms with E-state index in [2.05, 4.69) is 21.7 Å². The maximum atomic E-state index is 13.9. The summed E-state index contributed by atoms with van der Waals surface area (Å²) in [5.41, 5.74) is 2.65. The standard InChI is InChI=1S/C28H35N3O3S/c1-3-21-7-10-24(11-8-21)35(32,33)27-20-29-26-12-9-23(34-2)19-25(26)28(27)31-17-13-22(14-18-31)30-15-5-4-6-16-30/h7-12,19-20,22H,3-6,13-18H2,1-2H3. The Morgan fingerprint density at radius 2 is 1.69 bits per heavy atom. The fourth-order valence-electron chi connectivity index (χ4n) is 5.56. The lowest BCUT2D eigenvalue weighted by atomic mass is 9.99. The third-order valence-corrected chi connectivity index (χ3v) is 9.40. The zero-order valence-electron chi connectivity index (χ0n) is 20.7. The smallest absolute Gasteiger partial charge is 0.210 e. The van der Waals surface area contributed by atoms with Crippen LogP contribution in [0.2, 0.25) is 0 Å². The molecule has 7 heteroatoms. The highest BCUT2D eigenvalue weighted by Crippen LogP contribution is 2.39. The average Bonchev–Trinajstić information content (AvgIpc) is 2.92. The first-order valence-corrected chi connectivity index (χ1v) is 14.3. The van der Waals surface area contributed by atoms with Gasteiger partial charge in [0.05, 0.1) is 23.2 Å². The Kier molecular flexibility index (Phi) is 6.98. The molecule has 0 amide bonds. The van der Waals surface area contributed by atoms with E-state index < -0.39 is 9.84 Å². The van der Waals surface area contributed by atoms with E-state index in [-0.39, 0.29) is 4.90 Å². The van der Waals surface area contributed by atoms with Crippen molar-refractivity contribution >= 4 is 26.4 Å². The van der Waals surface area contributed by atoms with E-state index in [1.165, 1.54) is 32.4 Å². The van der Waals surface area contributed by atoms with Gasteiger partial charge < -0.3 is 14.5 Å². The lowest BCUT2D eigenvalue weighted by molar-refractivity contribution is 0.141. The van der Waals surface area contributed by atoms with Crippen molar-refractivity contribution < 1.29 is 13.2 Å². The molecule has 1 aromatic heterocycles. The van der Waals surface area contributed by atoms with E-state index in [9.17, 15) is 8.42 Å². The molecular formula is C28H35N3O3S. The van der Waals surface area contributed by atoms with E-state index in [1.54, 1.807) is 25.4 Å². The van der Waals surface area contributed by atoms with Gasteiger partial charge in [0.25, 0.3) is 0 Å². The number of hydrogen-bond acceptors (Lipinski definition) is 6. The Hall–Kier alpha value is -2.64. The Morgan fingerprint density at radius 3 is 2.34 bits per heavy atom. The SMILES string of the molecule is CCc1ccc(S(=O)(=O)c2cnc3ccc(OC)cc3c2N2CCC(N3CCCCC3)CC2)cc1. The minimum atomic E-state index is -3.74. The fraction of sp³-hybridized carbons (Fsp3) is 0.464. The number of hydrogen-bond donors (Lipinski definition) is 0. The van der Waals surface area contributed by atoms with Gasteiger partial charge in [0, 0.05) is 30.7 Å². The van der Waals surface area contributed by atoms with Crippen molar-refractivity contribution in [1.82, 2.24) is 9.88 Å². The van der Waals surface area contributed by atoms with Crippen LogP contribution in [0.5, 0.6) is 5.75 Å². The van der Waals surface area contributed by atoms with Gasteiger partial charge in [-0.15, -0.1) is 0 Å². The van der Waals surface area contributed by atoms with Gasteiger partial charge in [-0.1, -0.05) is 25.5 Å². The number of piperidine rings is 2. The summed E-state index contributed by atoms with van der Waals surface area (Å²) in [7, 11) is -2.11. The van der Waals surface area contributed by atoms with Gasteiger partial charge >= 0.3 is 0 Å². The highest BCUT2D eigenvalue weighted by Gasteiger charge is 2.31. The van der Waals surface area contributed by atoms with E-state index >= 15 is 0 Å². The second kappa shape index (κ2) is 10.2. The molecule has 35 heavy (non-hydrogen) atoms. The predicted molar refractivity (Wildman–Crippen MR) is 140 cm³/mol. The Balaban J connectivity index is 1.56. The second-order valence-corrected chi connectivity index (χ2v) is 11.6. The van der Waals surface area contributed by atoms with Crippen LogP contribution in [0.15, 0.2) is 58.5 Å². The molecule has 0 bridgehead atoms. The summed E-state index contributed by atoms with van der Waals surface area (Å²) in [6.45, 7) is 6.10. The maximum absolute atomic E-state index is 13.9. The highest BCUT2D eigenvalue weighted by atomic mass is 32.2. The normalized spacial score (nSPS) is 18.2. The molecule has 2 aromatic carbocycles. The number of aryl methyl sites for hydroxylation is 1. The molecule has 0 unspecified atom stereocenters. The van der Waals surface area contributed by atoms with Crippen LogP contribution in [0.25, 0.3) is 10.9 Å². The monoisotopic (exact) mass is 493 g/mol. The van der Waals surface area contributed by atoms with E-state index in [4.69, 9.17) is 4.74 Å². The van der Waals surface area contributed by atoms with Gasteiger partial charge in [0.1, 0.15) is 10.6 Å². The van der Waals surface area contributed by atoms with Crippen molar-refractivity contribution in [3.63, 3.8) is 0 Å².